The van der Waals surface area contributed by atoms with E-state index in [4.69, 9.17) is 0 Å². The van der Waals surface area contributed by atoms with Gasteiger partial charge in [-0.2, -0.15) is 0 Å². The summed E-state index contributed by atoms with van der Waals surface area (Å²) in [6.07, 6.45) is 13.0. The monoisotopic (exact) mass is 1380 g/mol. The first kappa shape index (κ1) is 70.2. The quantitative estimate of drug-likeness (QED) is 0.0894. The molecule has 0 bridgehead atoms. The molecule has 0 fully saturated rings. The van der Waals surface area contributed by atoms with Crippen LogP contribution in [-0.4, -0.2) is 0 Å². The predicted molar refractivity (Wildman–Crippen MR) is 457 cm³/mol. The van der Waals surface area contributed by atoms with E-state index in [1.807, 2.05) is 0 Å². The van der Waals surface area contributed by atoms with Crippen LogP contribution in [0.15, 0.2) is 339 Å². The van der Waals surface area contributed by atoms with Crippen molar-refractivity contribution < 1.29 is 0 Å². The fourth-order valence-corrected chi connectivity index (χ4v) is 15.6. The first-order valence-corrected chi connectivity index (χ1v) is 38.0. The second kappa shape index (κ2) is 28.9. The maximum absolute atomic E-state index is 2.53. The van der Waals surface area contributed by atoms with Gasteiger partial charge < -0.3 is 19.6 Å². The molecule has 4 nitrogen and oxygen atoms in total. The summed E-state index contributed by atoms with van der Waals surface area (Å²) in [5.41, 5.74) is 28.7. The van der Waals surface area contributed by atoms with Crippen molar-refractivity contribution in [1.29, 1.82) is 0 Å². The molecule has 0 amide bonds. The van der Waals surface area contributed by atoms with E-state index in [1.54, 1.807) is 0 Å². The van der Waals surface area contributed by atoms with E-state index in [1.165, 1.54) is 99.7 Å². The molecule has 0 heterocycles. The zero-order chi connectivity index (χ0) is 73.5. The van der Waals surface area contributed by atoms with E-state index in [9.17, 15) is 0 Å². The summed E-state index contributed by atoms with van der Waals surface area (Å²) >= 11 is 0. The molecule has 13 aromatic rings. The van der Waals surface area contributed by atoms with Crippen molar-refractivity contribution in [2.75, 3.05) is 19.6 Å². The van der Waals surface area contributed by atoms with Gasteiger partial charge in [-0.15, -0.1) is 0 Å². The number of benzene rings is 13. The third-order valence-electron chi connectivity index (χ3n) is 21.5. The van der Waals surface area contributed by atoms with Gasteiger partial charge >= 0.3 is 0 Å². The van der Waals surface area contributed by atoms with Gasteiger partial charge in [0.05, 0.1) is 0 Å². The van der Waals surface area contributed by atoms with Crippen molar-refractivity contribution in [3.63, 3.8) is 0 Å². The van der Waals surface area contributed by atoms with Gasteiger partial charge in [0.25, 0.3) is 0 Å². The molecule has 0 aromatic heterocycles. The Morgan fingerprint density at radius 1 is 0.198 bits per heavy atom. The van der Waals surface area contributed by atoms with Crippen molar-refractivity contribution in [3.8, 4) is 22.3 Å². The third kappa shape index (κ3) is 14.6. The van der Waals surface area contributed by atoms with E-state index >= 15 is 0 Å². The standard InChI is InChI=1S/C102H98N4/c1-99(2,3)77-43-55-85(56-44-77)105(86-57-45-78(46-58-86)100(4,5)6)91-63-65-93-95(69-91)97(73-39-51-83(52-40-73)103(81-33-21-15-22-34-81)89-37-25-31-75(67-89)71-27-17-13-18-28-71)94-66-64-92(106(87-59-47-79(48-60-87)101(7,8)9)88-61-49-80(50-62-88)102(10,11)12)70-96(94)98(93)74-41-53-84(54-42-74)104(82-35-23-16-24-36-82)90-38-26-32-76(68-90)72-29-19-14-20-30-72/h13-39,41,43-51,53,55-70H,40,42,52,54H2,1-12H3. The summed E-state index contributed by atoms with van der Waals surface area (Å²) in [4.78, 5) is 9.92. The highest BCUT2D eigenvalue weighted by atomic mass is 15.2. The Labute approximate surface area is 630 Å². The second-order valence-corrected chi connectivity index (χ2v) is 32.9. The van der Waals surface area contributed by atoms with Gasteiger partial charge in [0, 0.05) is 68.3 Å². The Morgan fingerprint density at radius 3 is 0.736 bits per heavy atom. The van der Waals surface area contributed by atoms with Crippen LogP contribution in [-0.2, 0) is 21.7 Å². The molecule has 106 heavy (non-hydrogen) atoms. The molecular formula is C102H98N4. The van der Waals surface area contributed by atoms with Crippen LogP contribution in [0.25, 0.3) is 54.9 Å². The average molecular weight is 1380 g/mol. The summed E-state index contributed by atoms with van der Waals surface area (Å²) in [5, 5.41) is 4.90. The van der Waals surface area contributed by atoms with Gasteiger partial charge in [0.1, 0.15) is 0 Å². The lowest BCUT2D eigenvalue weighted by Crippen LogP contribution is -2.18. The number of para-hydroxylation sites is 2. The van der Waals surface area contributed by atoms with Gasteiger partial charge in [-0.1, -0.05) is 277 Å². The van der Waals surface area contributed by atoms with Crippen molar-refractivity contribution in [3.05, 3.63) is 372 Å². The fourth-order valence-electron chi connectivity index (χ4n) is 15.6. The summed E-state index contributed by atoms with van der Waals surface area (Å²) in [5.74, 6) is 0. The molecule has 4 heteroatoms. The highest BCUT2D eigenvalue weighted by molar-refractivity contribution is 6.18. The first-order chi connectivity index (χ1) is 51.1. The van der Waals surface area contributed by atoms with Gasteiger partial charge in [-0.3, -0.25) is 0 Å². The van der Waals surface area contributed by atoms with Crippen LogP contribution in [0.2, 0.25) is 0 Å². The van der Waals surface area contributed by atoms with Crippen LogP contribution < -0.4 is 19.6 Å². The van der Waals surface area contributed by atoms with E-state index in [2.05, 4.69) is 430 Å². The van der Waals surface area contributed by atoms with Crippen LogP contribution in [0.1, 0.15) is 142 Å². The minimum atomic E-state index is -0.0128. The molecule has 0 radical (unpaired) electrons. The second-order valence-electron chi connectivity index (χ2n) is 32.9. The molecule has 15 rings (SSSR count). The van der Waals surface area contributed by atoms with Crippen molar-refractivity contribution in [2.45, 2.75) is 130 Å². The van der Waals surface area contributed by atoms with E-state index in [0.29, 0.717) is 0 Å². The number of fused-ring (bicyclic) bond motifs is 2. The van der Waals surface area contributed by atoms with E-state index < -0.39 is 0 Å². The molecule has 0 spiro atoms. The van der Waals surface area contributed by atoms with Crippen molar-refractivity contribution in [2.24, 2.45) is 0 Å². The number of hydrogen-bond donors (Lipinski definition) is 0. The number of hydrogen-bond acceptors (Lipinski definition) is 4. The van der Waals surface area contributed by atoms with Gasteiger partial charge in [-0.25, -0.2) is 0 Å². The number of anilines is 10. The maximum atomic E-state index is 2.53. The van der Waals surface area contributed by atoms with E-state index in [0.717, 1.165) is 82.6 Å². The normalized spacial score (nSPS) is 13.5. The summed E-state index contributed by atoms with van der Waals surface area (Å²) in [7, 11) is 0. The Hall–Kier alpha value is -11.5. The van der Waals surface area contributed by atoms with Crippen LogP contribution in [0.5, 0.6) is 0 Å². The largest absolute Gasteiger partial charge is 0.314 e. The highest BCUT2D eigenvalue weighted by Crippen LogP contribution is 2.51. The molecule has 0 unspecified atom stereocenters. The Bertz CT molecular complexity index is 4980. The molecule has 2 aliphatic rings. The Kier molecular flexibility index (Phi) is 19.1. The van der Waals surface area contributed by atoms with E-state index in [-0.39, 0.29) is 21.7 Å². The first-order valence-electron chi connectivity index (χ1n) is 38.0. The molecular weight excluding hydrogens is 1280 g/mol. The third-order valence-corrected chi connectivity index (χ3v) is 21.5. The zero-order valence-corrected chi connectivity index (χ0v) is 63.8. The Morgan fingerprint density at radius 2 is 0.453 bits per heavy atom. The lowest BCUT2D eigenvalue weighted by Gasteiger charge is -2.32. The van der Waals surface area contributed by atoms with Gasteiger partial charge in [-0.05, 0) is 269 Å². The topological polar surface area (TPSA) is 13.0 Å². The van der Waals surface area contributed by atoms with Crippen LogP contribution in [0.4, 0.5) is 56.9 Å². The van der Waals surface area contributed by atoms with Gasteiger partial charge in [0.2, 0.25) is 0 Å². The van der Waals surface area contributed by atoms with Crippen molar-refractivity contribution in [1.82, 2.24) is 0 Å². The summed E-state index contributed by atoms with van der Waals surface area (Å²) < 4.78 is 0. The lowest BCUT2D eigenvalue weighted by atomic mass is 9.81. The number of allylic oxidation sites excluding steroid dienone is 8. The summed E-state index contributed by atoms with van der Waals surface area (Å²) in [6.45, 7) is 27.6. The zero-order valence-electron chi connectivity index (χ0n) is 63.8. The lowest BCUT2D eigenvalue weighted by molar-refractivity contribution is 0.590. The minimum Gasteiger partial charge on any atom is -0.314 e. The molecule has 0 aliphatic heterocycles. The molecule has 0 saturated carbocycles. The Balaban J connectivity index is 0.997. The smallest absolute Gasteiger partial charge is 0.0468 e. The number of rotatable bonds is 16. The molecule has 526 valence electrons. The SMILES string of the molecule is CC(C)(C)c1ccc(N(c2ccc(C(C)(C)C)cc2)c2ccc3c(C4=CC=C(N(c5ccccc5)c5cccc(-c6ccccc6)c5)CC4)c4cc(N(c5ccc(C(C)(C)C)cc5)c5ccc(C(C)(C)C)cc5)ccc4c(C4=CC=C(N(c5ccccc5)c5cccc(-c6ccccc6)c5)CC4)c3c2)cc1. The molecule has 0 N–H and O–H groups in total. The molecule has 2 aliphatic carbocycles. The van der Waals surface area contributed by atoms with Crippen molar-refractivity contribution >= 4 is 89.6 Å². The van der Waals surface area contributed by atoms with Gasteiger partial charge in [0.15, 0.2) is 0 Å². The van der Waals surface area contributed by atoms with Crippen LogP contribution in [0, 0.1) is 0 Å². The van der Waals surface area contributed by atoms with Crippen LogP contribution in [0.3, 0.4) is 0 Å². The highest BCUT2D eigenvalue weighted by Gasteiger charge is 2.29. The minimum absolute atomic E-state index is 0.0128. The molecule has 13 aromatic carbocycles. The fraction of sp³-hybridized carbons (Fsp3) is 0.196. The number of nitrogens with zero attached hydrogens (tertiary/aromatic N) is 4. The molecule has 0 saturated heterocycles. The van der Waals surface area contributed by atoms with Crippen LogP contribution >= 0.6 is 0 Å². The average Bonchev–Trinajstić information content (AvgIpc) is 0.721. The maximum Gasteiger partial charge on any atom is 0.0468 e. The predicted octanol–water partition coefficient (Wildman–Crippen LogP) is 29.3. The molecule has 0 atom stereocenters. The summed E-state index contributed by atoms with van der Waals surface area (Å²) in [6, 6.07) is 113.